The van der Waals surface area contributed by atoms with E-state index in [0.717, 1.165) is 18.5 Å². The third kappa shape index (κ3) is 4.50. The fourth-order valence-corrected chi connectivity index (χ4v) is 3.62. The maximum Gasteiger partial charge on any atom is 0.410 e. The van der Waals surface area contributed by atoms with Crippen molar-refractivity contribution in [3.05, 3.63) is 18.0 Å². The number of hydrogen-bond acceptors (Lipinski definition) is 5. The van der Waals surface area contributed by atoms with Crippen molar-refractivity contribution in [1.29, 1.82) is 0 Å². The van der Waals surface area contributed by atoms with E-state index >= 15 is 0 Å². The first-order valence-corrected chi connectivity index (χ1v) is 8.76. The monoisotopic (exact) mass is 325 g/mol. The molecule has 0 bridgehead atoms. The average Bonchev–Trinajstić information content (AvgIpc) is 2.85. The lowest BCUT2D eigenvalue weighted by atomic mass is 10.2. The molecule has 1 amide bonds. The van der Waals surface area contributed by atoms with Crippen LogP contribution >= 0.6 is 0 Å². The van der Waals surface area contributed by atoms with Gasteiger partial charge in [0, 0.05) is 24.5 Å². The summed E-state index contributed by atoms with van der Waals surface area (Å²) >= 11 is 0. The van der Waals surface area contributed by atoms with Crippen LogP contribution in [0, 0.1) is 6.92 Å². The van der Waals surface area contributed by atoms with Gasteiger partial charge in [-0.25, -0.2) is 14.8 Å². The largest absolute Gasteiger partial charge is 0.444 e. The van der Waals surface area contributed by atoms with Gasteiger partial charge in [-0.2, -0.15) is 0 Å². The third-order valence-corrected chi connectivity index (χ3v) is 4.62. The van der Waals surface area contributed by atoms with Crippen molar-refractivity contribution in [3.8, 4) is 0 Å². The molecule has 1 aromatic rings. The van der Waals surface area contributed by atoms with Crippen LogP contribution in [0.25, 0.3) is 0 Å². The van der Waals surface area contributed by atoms with Crippen LogP contribution in [0.4, 0.5) is 4.79 Å². The number of rotatable bonds is 3. The number of nitrogens with zero attached hydrogens (tertiary/aromatic N) is 3. The normalized spacial score (nSPS) is 20.0. The number of likely N-dealkylation sites (tertiary alicyclic amines) is 1. The summed E-state index contributed by atoms with van der Waals surface area (Å²) in [6.45, 7) is 8.01. The average molecular weight is 325 g/mol. The molecule has 0 N–H and O–H groups in total. The molecule has 6 nitrogen and oxygen atoms in total. The zero-order chi connectivity index (χ0) is 16.3. The molecule has 1 fully saturated rings. The number of hydrogen-bond donors (Lipinski definition) is 0. The van der Waals surface area contributed by atoms with E-state index in [1.54, 1.807) is 17.2 Å². The Hall–Kier alpha value is -1.50. The van der Waals surface area contributed by atoms with Crippen molar-refractivity contribution >= 4 is 16.9 Å². The zero-order valence-corrected chi connectivity index (χ0v) is 14.4. The standard InChI is InChI=1S/C15H23N3O3S/c1-11-7-8-16-13(17-11)22(20)10-12-6-5-9-18(12)14(19)21-15(2,3)4/h7-8,12H,5-6,9-10H2,1-4H3. The Labute approximate surface area is 133 Å². The van der Waals surface area contributed by atoms with Crippen LogP contribution in [0.5, 0.6) is 0 Å². The number of aromatic nitrogens is 2. The van der Waals surface area contributed by atoms with E-state index in [1.165, 1.54) is 0 Å². The topological polar surface area (TPSA) is 72.4 Å². The first-order chi connectivity index (χ1) is 10.3. The quantitative estimate of drug-likeness (QED) is 0.797. The molecule has 1 saturated heterocycles. The maximum atomic E-state index is 12.4. The third-order valence-electron chi connectivity index (χ3n) is 3.33. The summed E-state index contributed by atoms with van der Waals surface area (Å²) in [4.78, 5) is 22.2. The Morgan fingerprint density at radius 1 is 1.50 bits per heavy atom. The SMILES string of the molecule is Cc1ccnc(S(=O)CC2CCCN2C(=O)OC(C)(C)C)n1. The van der Waals surface area contributed by atoms with Crippen LogP contribution in [-0.2, 0) is 15.5 Å². The maximum absolute atomic E-state index is 12.4. The van der Waals surface area contributed by atoms with Gasteiger partial charge in [-0.05, 0) is 46.6 Å². The van der Waals surface area contributed by atoms with E-state index < -0.39 is 16.4 Å². The summed E-state index contributed by atoms with van der Waals surface area (Å²) in [6, 6.07) is 1.68. The summed E-state index contributed by atoms with van der Waals surface area (Å²) in [5, 5.41) is 0.330. The van der Waals surface area contributed by atoms with Gasteiger partial charge in [-0.3, -0.25) is 4.21 Å². The van der Waals surface area contributed by atoms with Crippen molar-refractivity contribution in [2.75, 3.05) is 12.3 Å². The van der Waals surface area contributed by atoms with Gasteiger partial charge in [0.15, 0.2) is 0 Å². The van der Waals surface area contributed by atoms with Crippen molar-refractivity contribution in [2.45, 2.75) is 57.3 Å². The molecule has 2 atom stereocenters. The molecule has 0 radical (unpaired) electrons. The molecule has 0 saturated carbocycles. The van der Waals surface area contributed by atoms with Gasteiger partial charge in [0.1, 0.15) is 5.60 Å². The minimum atomic E-state index is -1.32. The molecule has 0 spiro atoms. The van der Waals surface area contributed by atoms with Crippen LogP contribution in [0.2, 0.25) is 0 Å². The summed E-state index contributed by atoms with van der Waals surface area (Å²) in [7, 11) is -1.32. The van der Waals surface area contributed by atoms with E-state index in [1.807, 2.05) is 27.7 Å². The summed E-state index contributed by atoms with van der Waals surface area (Å²) < 4.78 is 17.8. The van der Waals surface area contributed by atoms with E-state index in [4.69, 9.17) is 4.74 Å². The van der Waals surface area contributed by atoms with E-state index in [0.29, 0.717) is 17.5 Å². The lowest BCUT2D eigenvalue weighted by Crippen LogP contribution is -2.42. The van der Waals surface area contributed by atoms with Gasteiger partial charge in [0.2, 0.25) is 5.16 Å². The number of amides is 1. The summed E-state index contributed by atoms with van der Waals surface area (Å²) in [5.41, 5.74) is 0.261. The van der Waals surface area contributed by atoms with Gasteiger partial charge in [0.05, 0.1) is 16.6 Å². The molecule has 2 heterocycles. The summed E-state index contributed by atoms with van der Waals surface area (Å²) in [6.07, 6.45) is 3.00. The van der Waals surface area contributed by atoms with Crippen molar-refractivity contribution in [1.82, 2.24) is 14.9 Å². The Morgan fingerprint density at radius 2 is 2.23 bits per heavy atom. The van der Waals surface area contributed by atoms with Crippen molar-refractivity contribution in [2.24, 2.45) is 0 Å². The molecule has 0 aromatic carbocycles. The van der Waals surface area contributed by atoms with Gasteiger partial charge < -0.3 is 9.64 Å². The fourth-order valence-electron chi connectivity index (χ4n) is 2.35. The lowest BCUT2D eigenvalue weighted by molar-refractivity contribution is 0.0241. The van der Waals surface area contributed by atoms with Gasteiger partial charge in [-0.15, -0.1) is 0 Å². The molecule has 122 valence electrons. The smallest absolute Gasteiger partial charge is 0.410 e. The number of aryl methyl sites for hydroxylation is 1. The number of ether oxygens (including phenoxy) is 1. The Bertz CT molecular complexity index is 571. The fraction of sp³-hybridized carbons (Fsp3) is 0.667. The molecule has 0 aliphatic carbocycles. The Kier molecular flexibility index (Phi) is 5.16. The van der Waals surface area contributed by atoms with E-state index in [9.17, 15) is 9.00 Å². The molecule has 22 heavy (non-hydrogen) atoms. The predicted octanol–water partition coefficient (Wildman–Crippen LogP) is 2.29. The molecular formula is C15H23N3O3S. The predicted molar refractivity (Wildman–Crippen MR) is 84.0 cm³/mol. The van der Waals surface area contributed by atoms with E-state index in [-0.39, 0.29) is 12.1 Å². The Balaban J connectivity index is 2.02. The number of carbonyl (C=O) groups excluding carboxylic acids is 1. The second-order valence-electron chi connectivity index (χ2n) is 6.46. The molecular weight excluding hydrogens is 302 g/mol. The van der Waals surface area contributed by atoms with Crippen molar-refractivity contribution in [3.63, 3.8) is 0 Å². The first-order valence-electron chi connectivity index (χ1n) is 7.44. The number of carbonyl (C=O) groups is 1. The van der Waals surface area contributed by atoms with Crippen LogP contribution in [0.15, 0.2) is 17.4 Å². The molecule has 1 aliphatic rings. The molecule has 1 aromatic heterocycles. The molecule has 7 heteroatoms. The van der Waals surface area contributed by atoms with Crippen molar-refractivity contribution < 1.29 is 13.7 Å². The van der Waals surface area contributed by atoms with Crippen LogP contribution < -0.4 is 0 Å². The Morgan fingerprint density at radius 3 is 2.86 bits per heavy atom. The lowest BCUT2D eigenvalue weighted by Gasteiger charge is -2.28. The molecule has 2 unspecified atom stereocenters. The van der Waals surface area contributed by atoms with Crippen LogP contribution in [0.3, 0.4) is 0 Å². The second-order valence-corrected chi connectivity index (χ2v) is 7.85. The highest BCUT2D eigenvalue weighted by Gasteiger charge is 2.33. The van der Waals surface area contributed by atoms with Crippen LogP contribution in [0.1, 0.15) is 39.3 Å². The highest BCUT2D eigenvalue weighted by Crippen LogP contribution is 2.22. The van der Waals surface area contributed by atoms with Crippen LogP contribution in [-0.4, -0.2) is 49.1 Å². The first kappa shape index (κ1) is 16.9. The zero-order valence-electron chi connectivity index (χ0n) is 13.5. The highest BCUT2D eigenvalue weighted by atomic mass is 32.2. The molecule has 2 rings (SSSR count). The minimum Gasteiger partial charge on any atom is -0.444 e. The summed E-state index contributed by atoms with van der Waals surface area (Å²) in [5.74, 6) is 0.350. The van der Waals surface area contributed by atoms with E-state index in [2.05, 4.69) is 9.97 Å². The highest BCUT2D eigenvalue weighted by molar-refractivity contribution is 7.84. The molecule has 1 aliphatic heterocycles. The second kappa shape index (κ2) is 6.73. The van der Waals surface area contributed by atoms with Gasteiger partial charge in [-0.1, -0.05) is 0 Å². The van der Waals surface area contributed by atoms with Gasteiger partial charge in [0.25, 0.3) is 0 Å². The minimum absolute atomic E-state index is 0.0835. The van der Waals surface area contributed by atoms with Gasteiger partial charge >= 0.3 is 6.09 Å².